The first-order chi connectivity index (χ1) is 27.7. The SMILES string of the molecule is Cc1cc(O)cc(O)c1C(=O)O[C@]1(C)C(=O)C=C2C=C([C@H]3[C@H](C(=O)O)[C@H]4C[C@H]([C@H](C)/C=C/[C@H](C)C(C)C)[C@@]5(C)CC[C@H]6C(=C45)[C@H]3C=C3C[C@@H](O)CC[C@@]36C)OC=C2C1=O. The Hall–Kier alpha value is -4.70. The van der Waals surface area contributed by atoms with Crippen molar-refractivity contribution in [2.45, 2.75) is 106 Å². The van der Waals surface area contributed by atoms with Crippen LogP contribution in [0, 0.1) is 71.0 Å². The van der Waals surface area contributed by atoms with Gasteiger partial charge in [-0.1, -0.05) is 76.5 Å². The number of benzene rings is 1. The van der Waals surface area contributed by atoms with Crippen LogP contribution in [0.15, 0.2) is 82.4 Å². The van der Waals surface area contributed by atoms with E-state index < -0.39 is 52.8 Å². The zero-order valence-electron chi connectivity index (χ0n) is 35.4. The van der Waals surface area contributed by atoms with Gasteiger partial charge in [0, 0.05) is 17.9 Å². The lowest BCUT2D eigenvalue weighted by atomic mass is 9.46. The predicted octanol–water partition coefficient (Wildman–Crippen LogP) is 8.47. The number of rotatable bonds is 8. The van der Waals surface area contributed by atoms with Crippen LogP contribution in [-0.2, 0) is 23.9 Å². The second-order valence-corrected chi connectivity index (χ2v) is 19.7. The number of allylic oxidation sites excluding steroid dienone is 8. The van der Waals surface area contributed by atoms with E-state index in [0.29, 0.717) is 24.0 Å². The number of hydrogen-bond acceptors (Lipinski definition) is 9. The molecule has 7 aliphatic rings. The Balaban J connectivity index is 1.21. The van der Waals surface area contributed by atoms with Crippen LogP contribution in [0.4, 0.5) is 0 Å². The number of aliphatic hydroxyl groups is 1. The molecule has 10 nitrogen and oxygen atoms in total. The highest BCUT2D eigenvalue weighted by atomic mass is 16.6. The normalized spacial score (nSPS) is 37.0. The molecule has 0 unspecified atom stereocenters. The molecule has 1 aromatic rings. The molecule has 1 heterocycles. The maximum absolute atomic E-state index is 14.1. The van der Waals surface area contributed by atoms with Crippen molar-refractivity contribution in [2.24, 2.45) is 64.1 Å². The molecule has 12 atom stereocenters. The van der Waals surface area contributed by atoms with Gasteiger partial charge in [-0.05, 0) is 128 Å². The summed E-state index contributed by atoms with van der Waals surface area (Å²) in [4.78, 5) is 55.2. The number of hydrogen-bond donors (Lipinski definition) is 4. The Kier molecular flexibility index (Phi) is 9.89. The summed E-state index contributed by atoms with van der Waals surface area (Å²) in [5.41, 5.74) is 1.35. The number of ether oxygens (including phenoxy) is 2. The van der Waals surface area contributed by atoms with E-state index in [9.17, 15) is 39.6 Å². The summed E-state index contributed by atoms with van der Waals surface area (Å²) in [5, 5.41) is 42.6. The molecule has 0 spiro atoms. The average Bonchev–Trinajstić information content (AvgIpc) is 3.47. The van der Waals surface area contributed by atoms with Crippen molar-refractivity contribution < 1.29 is 49.1 Å². The van der Waals surface area contributed by atoms with E-state index >= 15 is 0 Å². The molecule has 1 aliphatic heterocycles. The number of carbonyl (C=O) groups is 4. The van der Waals surface area contributed by atoms with Crippen LogP contribution >= 0.6 is 0 Å². The molecule has 6 aliphatic carbocycles. The number of ketones is 2. The number of aromatic hydroxyl groups is 2. The maximum atomic E-state index is 14.1. The lowest BCUT2D eigenvalue weighted by Gasteiger charge is -2.58. The number of carbonyl (C=O) groups excluding carboxylic acids is 3. The summed E-state index contributed by atoms with van der Waals surface area (Å²) >= 11 is 0. The molecule has 0 bridgehead atoms. The zero-order valence-corrected chi connectivity index (χ0v) is 35.4. The Morgan fingerprint density at radius 3 is 2.37 bits per heavy atom. The molecular weight excluding hydrogens is 749 g/mol. The summed E-state index contributed by atoms with van der Waals surface area (Å²) in [6.45, 7) is 16.4. The summed E-state index contributed by atoms with van der Waals surface area (Å²) in [7, 11) is 0. The molecule has 314 valence electrons. The number of aliphatic carboxylic acids is 1. The van der Waals surface area contributed by atoms with Crippen molar-refractivity contribution in [2.75, 3.05) is 0 Å². The van der Waals surface area contributed by atoms with E-state index in [-0.39, 0.29) is 68.4 Å². The molecular formula is C49H58O10. The van der Waals surface area contributed by atoms with Crippen LogP contribution in [0.1, 0.15) is 103 Å². The molecule has 1 aromatic carbocycles. The maximum Gasteiger partial charge on any atom is 0.343 e. The quantitative estimate of drug-likeness (QED) is 0.114. The van der Waals surface area contributed by atoms with Crippen LogP contribution in [0.2, 0.25) is 0 Å². The largest absolute Gasteiger partial charge is 0.508 e. The van der Waals surface area contributed by atoms with Crippen LogP contribution in [0.5, 0.6) is 11.5 Å². The van der Waals surface area contributed by atoms with Gasteiger partial charge in [-0.15, -0.1) is 0 Å². The molecule has 10 heteroatoms. The number of aryl methyl sites for hydroxylation is 1. The van der Waals surface area contributed by atoms with Crippen molar-refractivity contribution in [3.8, 4) is 11.5 Å². The summed E-state index contributed by atoms with van der Waals surface area (Å²) in [6, 6.07) is 2.23. The first kappa shape index (κ1) is 41.1. The van der Waals surface area contributed by atoms with E-state index in [2.05, 4.69) is 59.8 Å². The van der Waals surface area contributed by atoms with Crippen LogP contribution < -0.4 is 0 Å². The van der Waals surface area contributed by atoms with Gasteiger partial charge in [-0.3, -0.25) is 14.4 Å². The zero-order chi connectivity index (χ0) is 42.7. The number of esters is 1. The minimum Gasteiger partial charge on any atom is -0.508 e. The molecule has 2 fully saturated rings. The van der Waals surface area contributed by atoms with Crippen LogP contribution in [0.25, 0.3) is 0 Å². The van der Waals surface area contributed by atoms with Gasteiger partial charge < -0.3 is 29.9 Å². The van der Waals surface area contributed by atoms with Gasteiger partial charge in [0.2, 0.25) is 17.2 Å². The Labute approximate surface area is 346 Å². The Morgan fingerprint density at radius 1 is 0.983 bits per heavy atom. The predicted molar refractivity (Wildman–Crippen MR) is 220 cm³/mol. The third-order valence-electron chi connectivity index (χ3n) is 16.0. The average molecular weight is 807 g/mol. The molecule has 2 saturated carbocycles. The van der Waals surface area contributed by atoms with Crippen molar-refractivity contribution >= 4 is 23.5 Å². The van der Waals surface area contributed by atoms with Crippen molar-refractivity contribution in [1.29, 1.82) is 0 Å². The fraction of sp³-hybridized carbons (Fsp3) is 0.551. The highest BCUT2D eigenvalue weighted by Gasteiger charge is 2.65. The number of Topliss-reactive ketones (excluding diaryl/α,β-unsaturated/α-hetero) is 1. The molecule has 0 amide bonds. The summed E-state index contributed by atoms with van der Waals surface area (Å²) < 4.78 is 12.0. The molecule has 8 rings (SSSR count). The highest BCUT2D eigenvalue weighted by Crippen LogP contribution is 2.72. The van der Waals surface area contributed by atoms with Gasteiger partial charge in [-0.25, -0.2) is 4.79 Å². The number of aliphatic hydroxyl groups excluding tert-OH is 1. The summed E-state index contributed by atoms with van der Waals surface area (Å²) in [6.07, 6.45) is 15.4. The Bertz CT molecular complexity index is 2210. The lowest BCUT2D eigenvalue weighted by Crippen LogP contribution is -2.52. The van der Waals surface area contributed by atoms with Gasteiger partial charge in [0.25, 0.3) is 0 Å². The van der Waals surface area contributed by atoms with Gasteiger partial charge in [-0.2, -0.15) is 0 Å². The number of phenolic OH excluding ortho intramolecular Hbond substituents is 2. The first-order valence-electron chi connectivity index (χ1n) is 21.4. The number of carboxylic acid groups (broad SMARTS) is 1. The molecule has 59 heavy (non-hydrogen) atoms. The number of phenols is 2. The molecule has 0 radical (unpaired) electrons. The van der Waals surface area contributed by atoms with Crippen molar-refractivity contribution in [1.82, 2.24) is 0 Å². The minimum absolute atomic E-state index is 0.00292. The van der Waals surface area contributed by atoms with E-state index in [0.717, 1.165) is 38.2 Å². The van der Waals surface area contributed by atoms with E-state index in [1.54, 1.807) is 6.08 Å². The summed E-state index contributed by atoms with van der Waals surface area (Å²) in [5.74, 6) is -4.61. The standard InChI is InChI=1S/C49H58O10/c1-23(2)24(3)9-10-25(4)35-21-32-42(45(55)56)41(31-19-28-18-29(50)11-13-47(28,6)34-12-14-48(35,7)43(32)40(31)34)37-16-27-17-38(53)49(8,44(54)33(27)22-58-37)59-46(57)39-26(5)15-30(51)20-36(39)52/h9-10,15-17,19-20,22-25,29,31-32,34-35,41-42,50-52H,11-14,18,21H2,1-8H3,(H,55,56)/b10-9+/t24-,25+,29-,31+,32+,34-,35+,41-,42+,47-,48+,49+/m0/s1. The smallest absolute Gasteiger partial charge is 0.343 e. The number of carboxylic acids is 1. The first-order valence-corrected chi connectivity index (χ1v) is 21.4. The second kappa shape index (κ2) is 14.2. The molecule has 0 saturated heterocycles. The van der Waals surface area contributed by atoms with Gasteiger partial charge >= 0.3 is 11.9 Å². The third kappa shape index (κ3) is 6.21. The van der Waals surface area contributed by atoms with E-state index in [4.69, 9.17) is 9.47 Å². The molecule has 0 aromatic heterocycles. The van der Waals surface area contributed by atoms with Gasteiger partial charge in [0.05, 0.1) is 17.6 Å². The van der Waals surface area contributed by atoms with E-state index in [1.807, 2.05) is 0 Å². The topological polar surface area (TPSA) is 168 Å². The fourth-order valence-corrected chi connectivity index (χ4v) is 12.4. The Morgan fingerprint density at radius 2 is 1.69 bits per heavy atom. The third-order valence-corrected chi connectivity index (χ3v) is 16.0. The lowest BCUT2D eigenvalue weighted by molar-refractivity contribution is -0.147. The highest BCUT2D eigenvalue weighted by molar-refractivity contribution is 6.26. The fourth-order valence-electron chi connectivity index (χ4n) is 12.4. The molecule has 4 N–H and O–H groups in total. The van der Waals surface area contributed by atoms with Gasteiger partial charge in [0.1, 0.15) is 29.1 Å². The van der Waals surface area contributed by atoms with Crippen molar-refractivity contribution in [3.63, 3.8) is 0 Å². The van der Waals surface area contributed by atoms with Crippen LogP contribution in [-0.4, -0.2) is 55.6 Å². The van der Waals surface area contributed by atoms with Gasteiger partial charge in [0.15, 0.2) is 0 Å². The number of fused-ring (bicyclic) bond motifs is 3. The van der Waals surface area contributed by atoms with E-state index in [1.165, 1.54) is 49.0 Å². The monoisotopic (exact) mass is 806 g/mol. The van der Waals surface area contributed by atoms with Crippen LogP contribution in [0.3, 0.4) is 0 Å². The van der Waals surface area contributed by atoms with Crippen molar-refractivity contribution in [3.05, 3.63) is 93.5 Å². The minimum atomic E-state index is -2.27. The second-order valence-electron chi connectivity index (χ2n) is 19.7.